The van der Waals surface area contributed by atoms with E-state index in [0.29, 0.717) is 23.1 Å². The van der Waals surface area contributed by atoms with Crippen molar-refractivity contribution < 1.29 is 17.9 Å². The van der Waals surface area contributed by atoms with Crippen LogP contribution >= 0.6 is 15.9 Å². The second kappa shape index (κ2) is 5.98. The van der Waals surface area contributed by atoms with Gasteiger partial charge in [-0.15, -0.1) is 0 Å². The number of nitrogens with zero attached hydrogens (tertiary/aromatic N) is 1. The summed E-state index contributed by atoms with van der Waals surface area (Å²) in [7, 11) is -2.62. The quantitative estimate of drug-likeness (QED) is 0.749. The van der Waals surface area contributed by atoms with Crippen LogP contribution < -0.4 is 4.31 Å². The Balaban J connectivity index is 2.14. The van der Waals surface area contributed by atoms with Gasteiger partial charge < -0.3 is 4.74 Å². The molecular weight excluding hydrogens is 382 g/mol. The van der Waals surface area contributed by atoms with Crippen LogP contribution in [-0.4, -0.2) is 28.0 Å². The molecule has 0 bridgehead atoms. The van der Waals surface area contributed by atoms with Crippen molar-refractivity contribution in [3.05, 3.63) is 58.1 Å². The molecule has 0 radical (unpaired) electrons. The van der Waals surface area contributed by atoms with E-state index in [1.165, 1.54) is 23.5 Å². The summed E-state index contributed by atoms with van der Waals surface area (Å²) in [4.78, 5) is 11.9. The zero-order valence-corrected chi connectivity index (χ0v) is 14.7. The van der Waals surface area contributed by atoms with Crippen LogP contribution in [0.15, 0.2) is 51.8 Å². The first-order chi connectivity index (χ1) is 10.9. The summed E-state index contributed by atoms with van der Waals surface area (Å²) < 4.78 is 32.8. The second-order valence-corrected chi connectivity index (χ2v) is 7.83. The molecule has 23 heavy (non-hydrogen) atoms. The van der Waals surface area contributed by atoms with Gasteiger partial charge in [-0.2, -0.15) is 0 Å². The van der Waals surface area contributed by atoms with Gasteiger partial charge >= 0.3 is 5.97 Å². The largest absolute Gasteiger partial charge is 0.465 e. The summed E-state index contributed by atoms with van der Waals surface area (Å²) >= 11 is 3.25. The fourth-order valence-corrected chi connectivity index (χ4v) is 4.70. The number of rotatable bonds is 3. The Morgan fingerprint density at radius 1 is 1.22 bits per heavy atom. The smallest absolute Gasteiger partial charge is 0.339 e. The van der Waals surface area contributed by atoms with Crippen LogP contribution in [0.3, 0.4) is 0 Å². The standard InChI is InChI=1S/C16H14BrNO4S/c1-22-16(19)13-10-12(17)6-7-15(13)23(20,21)18-9-8-11-4-2-3-5-14(11)18/h2-7,10H,8-9H2,1H3. The van der Waals surface area contributed by atoms with Gasteiger partial charge in [-0.05, 0) is 36.2 Å². The topological polar surface area (TPSA) is 63.7 Å². The van der Waals surface area contributed by atoms with E-state index in [0.717, 1.165) is 5.56 Å². The number of anilines is 1. The van der Waals surface area contributed by atoms with Crippen LogP contribution in [0.25, 0.3) is 0 Å². The van der Waals surface area contributed by atoms with Crippen LogP contribution in [0.2, 0.25) is 0 Å². The molecule has 0 unspecified atom stereocenters. The van der Waals surface area contributed by atoms with Gasteiger partial charge in [0.05, 0.1) is 18.4 Å². The van der Waals surface area contributed by atoms with Gasteiger partial charge in [0.25, 0.3) is 10.0 Å². The van der Waals surface area contributed by atoms with Gasteiger partial charge in [0, 0.05) is 11.0 Å². The third-order valence-electron chi connectivity index (χ3n) is 3.76. The van der Waals surface area contributed by atoms with Gasteiger partial charge in [-0.1, -0.05) is 34.1 Å². The lowest BCUT2D eigenvalue weighted by molar-refractivity contribution is 0.0596. The zero-order chi connectivity index (χ0) is 16.6. The molecule has 0 N–H and O–H groups in total. The number of esters is 1. The lowest BCUT2D eigenvalue weighted by atomic mass is 10.2. The highest BCUT2D eigenvalue weighted by atomic mass is 79.9. The summed E-state index contributed by atoms with van der Waals surface area (Å²) in [5, 5.41) is 0. The fourth-order valence-electron chi connectivity index (χ4n) is 2.67. The Morgan fingerprint density at radius 2 is 1.96 bits per heavy atom. The Labute approximate surface area is 143 Å². The minimum Gasteiger partial charge on any atom is -0.465 e. The molecule has 0 aromatic heterocycles. The lowest BCUT2D eigenvalue weighted by Crippen LogP contribution is -2.30. The predicted molar refractivity (Wildman–Crippen MR) is 90.2 cm³/mol. The summed E-state index contributed by atoms with van der Waals surface area (Å²) in [5.74, 6) is -0.683. The van der Waals surface area contributed by atoms with Crippen LogP contribution in [-0.2, 0) is 21.2 Å². The maximum atomic E-state index is 13.1. The summed E-state index contributed by atoms with van der Waals surface area (Å²) in [6.45, 7) is 0.359. The van der Waals surface area contributed by atoms with Crippen LogP contribution in [0.1, 0.15) is 15.9 Å². The first kappa shape index (κ1) is 16.0. The van der Waals surface area contributed by atoms with E-state index in [1.807, 2.05) is 12.1 Å². The van der Waals surface area contributed by atoms with E-state index in [1.54, 1.807) is 18.2 Å². The van der Waals surface area contributed by atoms with E-state index >= 15 is 0 Å². The molecule has 0 saturated carbocycles. The van der Waals surface area contributed by atoms with Crippen molar-refractivity contribution in [2.75, 3.05) is 18.0 Å². The van der Waals surface area contributed by atoms with Gasteiger partial charge in [-0.25, -0.2) is 13.2 Å². The number of hydrogen-bond donors (Lipinski definition) is 0. The summed E-state index contributed by atoms with van der Waals surface area (Å²) in [6.07, 6.45) is 0.652. The van der Waals surface area contributed by atoms with E-state index in [2.05, 4.69) is 15.9 Å². The van der Waals surface area contributed by atoms with Crippen molar-refractivity contribution >= 4 is 37.6 Å². The normalized spacial score (nSPS) is 13.7. The highest BCUT2D eigenvalue weighted by Crippen LogP contribution is 2.34. The van der Waals surface area contributed by atoms with Crippen molar-refractivity contribution in [1.29, 1.82) is 0 Å². The Bertz CT molecular complexity index is 879. The highest BCUT2D eigenvalue weighted by molar-refractivity contribution is 9.10. The van der Waals surface area contributed by atoms with Crippen molar-refractivity contribution in [2.45, 2.75) is 11.3 Å². The van der Waals surface area contributed by atoms with Crippen LogP contribution in [0.4, 0.5) is 5.69 Å². The van der Waals surface area contributed by atoms with E-state index in [9.17, 15) is 13.2 Å². The average Bonchev–Trinajstić information content (AvgIpc) is 2.98. The number of hydrogen-bond acceptors (Lipinski definition) is 4. The molecule has 5 nitrogen and oxygen atoms in total. The van der Waals surface area contributed by atoms with E-state index < -0.39 is 16.0 Å². The van der Waals surface area contributed by atoms with Gasteiger partial charge in [0.15, 0.2) is 0 Å². The SMILES string of the molecule is COC(=O)c1cc(Br)ccc1S(=O)(=O)N1CCc2ccccc21. The molecular formula is C16H14BrNO4S. The number of para-hydroxylation sites is 1. The molecule has 0 saturated heterocycles. The van der Waals surface area contributed by atoms with Gasteiger partial charge in [0.1, 0.15) is 4.90 Å². The number of benzene rings is 2. The first-order valence-corrected chi connectivity index (χ1v) is 9.17. The molecule has 0 spiro atoms. The number of methoxy groups -OCH3 is 1. The minimum absolute atomic E-state index is 0.0197. The number of sulfonamides is 1. The molecule has 0 amide bonds. The highest BCUT2D eigenvalue weighted by Gasteiger charge is 2.33. The molecule has 3 rings (SSSR count). The molecule has 0 fully saturated rings. The number of carbonyl (C=O) groups excluding carboxylic acids is 1. The Hall–Kier alpha value is -1.86. The maximum absolute atomic E-state index is 13.1. The van der Waals surface area contributed by atoms with Crippen LogP contribution in [0, 0.1) is 0 Å². The third kappa shape index (κ3) is 2.74. The first-order valence-electron chi connectivity index (χ1n) is 6.93. The molecule has 0 atom stereocenters. The number of ether oxygens (including phenoxy) is 1. The molecule has 120 valence electrons. The van der Waals surface area contributed by atoms with Crippen molar-refractivity contribution in [2.24, 2.45) is 0 Å². The summed E-state index contributed by atoms with van der Waals surface area (Å²) in [6, 6.07) is 11.8. The van der Waals surface area contributed by atoms with Gasteiger partial charge in [-0.3, -0.25) is 4.31 Å². The molecule has 2 aromatic carbocycles. The number of halogens is 1. The Morgan fingerprint density at radius 3 is 2.70 bits per heavy atom. The van der Waals surface area contributed by atoms with Gasteiger partial charge in [0.2, 0.25) is 0 Å². The van der Waals surface area contributed by atoms with E-state index in [4.69, 9.17) is 4.74 Å². The van der Waals surface area contributed by atoms with Crippen molar-refractivity contribution in [3.63, 3.8) is 0 Å². The molecule has 1 aliphatic heterocycles. The molecule has 1 aliphatic rings. The van der Waals surface area contributed by atoms with Crippen LogP contribution in [0.5, 0.6) is 0 Å². The molecule has 0 aliphatic carbocycles. The average molecular weight is 396 g/mol. The summed E-state index contributed by atoms with van der Waals surface area (Å²) in [5.41, 5.74) is 1.66. The van der Waals surface area contributed by atoms with Crippen molar-refractivity contribution in [1.82, 2.24) is 0 Å². The monoisotopic (exact) mass is 395 g/mol. The fraction of sp³-hybridized carbons (Fsp3) is 0.188. The second-order valence-electron chi connectivity index (χ2n) is 5.09. The maximum Gasteiger partial charge on any atom is 0.339 e. The third-order valence-corrected chi connectivity index (χ3v) is 6.12. The molecule has 2 aromatic rings. The lowest BCUT2D eigenvalue weighted by Gasteiger charge is -2.21. The zero-order valence-electron chi connectivity index (χ0n) is 12.3. The molecule has 1 heterocycles. The number of fused-ring (bicyclic) bond motifs is 1. The van der Waals surface area contributed by atoms with Crippen molar-refractivity contribution in [3.8, 4) is 0 Å². The minimum atomic E-state index is -3.84. The predicted octanol–water partition coefficient (Wildman–Crippen LogP) is 2.99. The number of carbonyl (C=O) groups is 1. The molecule has 7 heteroatoms. The van der Waals surface area contributed by atoms with E-state index in [-0.39, 0.29) is 10.5 Å². The Kier molecular flexibility index (Phi) is 4.16.